The minimum atomic E-state index is -0.0590. The first-order valence-electron chi connectivity index (χ1n) is 27.9. The van der Waals surface area contributed by atoms with Gasteiger partial charge in [-0.3, -0.25) is 9.59 Å². The summed E-state index contributed by atoms with van der Waals surface area (Å²) in [5, 5.41) is 4.17. The molecule has 12 rings (SSSR count). The summed E-state index contributed by atoms with van der Waals surface area (Å²) in [5.41, 5.74) is 15.1. The number of carbonyl (C=O) groups is 2. The molecule has 14 heteroatoms. The number of nitrogens with zero attached hydrogens (tertiary/aromatic N) is 6. The fraction of sp³-hybridized carbons (Fsp3) is 0.484. The van der Waals surface area contributed by atoms with E-state index in [9.17, 15) is 9.59 Å². The molecule has 4 fully saturated rings. The van der Waals surface area contributed by atoms with Crippen LogP contribution in [0.3, 0.4) is 0 Å². The normalized spacial score (nSPS) is 17.9. The average molecular weight is 1070 g/mol. The number of hydrogen-bond acceptors (Lipinski definition) is 8. The van der Waals surface area contributed by atoms with E-state index in [0.29, 0.717) is 16.9 Å². The van der Waals surface area contributed by atoms with Gasteiger partial charge in [0, 0.05) is 87.9 Å². The Labute approximate surface area is 457 Å². The zero-order valence-corrected chi connectivity index (χ0v) is 45.9. The molecule has 0 N–H and O–H groups in total. The zero-order valence-electron chi connectivity index (χ0n) is 44.4. The third-order valence-electron chi connectivity index (χ3n) is 16.9. The summed E-state index contributed by atoms with van der Waals surface area (Å²) in [7, 11) is 0. The van der Waals surface area contributed by atoms with Crippen LogP contribution in [0.4, 0.5) is 11.4 Å². The van der Waals surface area contributed by atoms with E-state index in [2.05, 4.69) is 93.4 Å². The SMILES string of the molecule is Cc1ccc2c(C3CCCCC3)c3n(c2c1)CC(=O)N(CC(=O)N1CCCCC1)c1cc(Cl)ccc1-3.Cc1ccc2c(C3CCCCC3)c3n(c2c1)CCN(CCN1CCCCC1)c1cc(Cl)ccc1-3.O=C=O.O=C=O. The van der Waals surface area contributed by atoms with Gasteiger partial charge in [0.2, 0.25) is 11.8 Å². The van der Waals surface area contributed by atoms with Gasteiger partial charge in [-0.1, -0.05) is 92.4 Å². The van der Waals surface area contributed by atoms with Crippen molar-refractivity contribution in [2.45, 2.75) is 142 Å². The summed E-state index contributed by atoms with van der Waals surface area (Å²) in [5.74, 6) is 1.10. The maximum absolute atomic E-state index is 13.9. The van der Waals surface area contributed by atoms with Crippen LogP contribution in [-0.4, -0.2) is 95.4 Å². The number of fused-ring (bicyclic) bond motifs is 10. The molecule has 2 aliphatic carbocycles. The highest BCUT2D eigenvalue weighted by Crippen LogP contribution is 2.50. The van der Waals surface area contributed by atoms with E-state index >= 15 is 0 Å². The lowest BCUT2D eigenvalue weighted by molar-refractivity contribution is -0.193. The molecule has 0 radical (unpaired) electrons. The molecule has 2 aromatic heterocycles. The molecule has 4 aliphatic heterocycles. The number of benzene rings is 4. The predicted octanol–water partition coefficient (Wildman–Crippen LogP) is 13.1. The number of anilines is 2. The zero-order chi connectivity index (χ0) is 53.3. The van der Waals surface area contributed by atoms with Gasteiger partial charge in [0.25, 0.3) is 0 Å². The highest BCUT2D eigenvalue weighted by Gasteiger charge is 2.36. The van der Waals surface area contributed by atoms with E-state index in [0.717, 1.165) is 86.0 Å². The smallest absolute Gasteiger partial charge is 0.368 e. The van der Waals surface area contributed by atoms with Crippen molar-refractivity contribution in [3.8, 4) is 22.5 Å². The molecule has 76 heavy (non-hydrogen) atoms. The second-order valence-electron chi connectivity index (χ2n) is 21.8. The highest BCUT2D eigenvalue weighted by molar-refractivity contribution is 6.31. The fourth-order valence-corrected chi connectivity index (χ4v) is 13.7. The molecule has 12 nitrogen and oxygen atoms in total. The summed E-state index contributed by atoms with van der Waals surface area (Å²) in [6.07, 6.45) is 20.7. The monoisotopic (exact) mass is 1070 g/mol. The van der Waals surface area contributed by atoms with Crippen molar-refractivity contribution in [2.24, 2.45) is 0 Å². The van der Waals surface area contributed by atoms with Crippen LogP contribution in [0.1, 0.15) is 137 Å². The van der Waals surface area contributed by atoms with E-state index in [-0.39, 0.29) is 37.2 Å². The molecule has 2 saturated heterocycles. The molecule has 6 aromatic rings. The molecule has 2 amide bonds. The number of rotatable bonds is 7. The largest absolute Gasteiger partial charge is 0.373 e. The van der Waals surface area contributed by atoms with Crippen molar-refractivity contribution < 1.29 is 28.8 Å². The molecule has 2 saturated carbocycles. The average Bonchev–Trinajstić information content (AvgIpc) is 3.82. The summed E-state index contributed by atoms with van der Waals surface area (Å²) >= 11 is 13.1. The van der Waals surface area contributed by atoms with Gasteiger partial charge in [-0.05, 0) is 167 Å². The second-order valence-corrected chi connectivity index (χ2v) is 22.6. The van der Waals surface area contributed by atoms with Gasteiger partial charge >= 0.3 is 12.3 Å². The molecule has 0 atom stereocenters. The number of aromatic nitrogens is 2. The van der Waals surface area contributed by atoms with Gasteiger partial charge < -0.3 is 28.7 Å². The van der Waals surface area contributed by atoms with Crippen molar-refractivity contribution in [1.82, 2.24) is 18.9 Å². The first-order chi connectivity index (χ1) is 37.0. The molecule has 400 valence electrons. The van der Waals surface area contributed by atoms with Crippen molar-refractivity contribution in [2.75, 3.05) is 62.2 Å². The number of piperidine rings is 2. The highest BCUT2D eigenvalue weighted by atomic mass is 35.5. The molecule has 0 unspecified atom stereocenters. The Balaban J connectivity index is 0.000000169. The molecule has 6 heterocycles. The molecule has 0 spiro atoms. The van der Waals surface area contributed by atoms with Gasteiger partial charge in [0.15, 0.2) is 0 Å². The Morgan fingerprint density at radius 2 is 1.01 bits per heavy atom. The number of carbonyl (C=O) groups excluding carboxylic acids is 6. The number of aryl methyl sites for hydroxylation is 2. The maximum Gasteiger partial charge on any atom is 0.373 e. The summed E-state index contributed by atoms with van der Waals surface area (Å²) in [6.45, 7) is 13.0. The lowest BCUT2D eigenvalue weighted by atomic mass is 9.81. The van der Waals surface area contributed by atoms with Crippen LogP contribution in [0.15, 0.2) is 72.8 Å². The van der Waals surface area contributed by atoms with Crippen molar-refractivity contribution >= 4 is 80.5 Å². The molecular weight excluding hydrogens is 996 g/mol. The van der Waals surface area contributed by atoms with Crippen LogP contribution < -0.4 is 9.80 Å². The molecule has 0 bridgehead atoms. The number of amides is 2. The Hall–Kier alpha value is -6.00. The third-order valence-corrected chi connectivity index (χ3v) is 17.4. The first-order valence-corrected chi connectivity index (χ1v) is 28.7. The van der Waals surface area contributed by atoms with Gasteiger partial charge in [0.1, 0.15) is 13.1 Å². The Kier molecular flexibility index (Phi) is 18.3. The quantitative estimate of drug-likeness (QED) is 0.155. The minimum absolute atomic E-state index is 0.0220. The third kappa shape index (κ3) is 11.9. The van der Waals surface area contributed by atoms with E-state index in [1.165, 1.54) is 146 Å². The Morgan fingerprint density at radius 1 is 0.539 bits per heavy atom. The van der Waals surface area contributed by atoms with Crippen molar-refractivity contribution in [3.05, 3.63) is 105 Å². The van der Waals surface area contributed by atoms with Crippen LogP contribution >= 0.6 is 23.2 Å². The van der Waals surface area contributed by atoms with Crippen molar-refractivity contribution in [1.29, 1.82) is 0 Å². The van der Waals surface area contributed by atoms with Crippen LogP contribution in [-0.2, 0) is 41.9 Å². The lowest BCUT2D eigenvalue weighted by Gasteiger charge is -2.31. The van der Waals surface area contributed by atoms with Crippen LogP contribution in [0.25, 0.3) is 44.3 Å². The lowest BCUT2D eigenvalue weighted by Crippen LogP contribution is -2.45. The van der Waals surface area contributed by atoms with Gasteiger partial charge in [-0.15, -0.1) is 0 Å². The van der Waals surface area contributed by atoms with E-state index in [4.69, 9.17) is 42.4 Å². The Morgan fingerprint density at radius 3 is 1.57 bits per heavy atom. The topological polar surface area (TPSA) is 125 Å². The van der Waals surface area contributed by atoms with Gasteiger partial charge in [-0.2, -0.15) is 19.2 Å². The van der Waals surface area contributed by atoms with Crippen LogP contribution in [0.2, 0.25) is 10.0 Å². The minimum Gasteiger partial charge on any atom is -0.368 e. The fourth-order valence-electron chi connectivity index (χ4n) is 13.4. The van der Waals surface area contributed by atoms with E-state index in [1.807, 2.05) is 17.0 Å². The summed E-state index contributed by atoms with van der Waals surface area (Å²) < 4.78 is 4.87. The molecule has 4 aromatic carbocycles. The van der Waals surface area contributed by atoms with Crippen molar-refractivity contribution in [3.63, 3.8) is 0 Å². The van der Waals surface area contributed by atoms with E-state index in [1.54, 1.807) is 10.5 Å². The molecular formula is C62H72Cl2N6O6. The summed E-state index contributed by atoms with van der Waals surface area (Å²) in [4.78, 5) is 68.6. The van der Waals surface area contributed by atoms with Crippen LogP contribution in [0, 0.1) is 13.8 Å². The molecule has 6 aliphatic rings. The Bertz CT molecular complexity index is 3100. The second kappa shape index (κ2) is 25.4. The standard InChI is InChI=1S/C30H34ClN3O2.C30H38ClN3.2CO2/c1-20-10-12-23-25(16-20)34-19-28(36)33(18-27(35)32-14-6-3-7-15-32)26-17-22(31)11-13-24(26)30(34)29(23)21-8-4-2-5-9-21;1-22-10-12-25-28(20-22)34-19-18-33(17-16-32-14-6-3-7-15-32)27-21-24(31)11-13-26(27)30(34)29(25)23-8-4-2-5-9-23;2*2-1-3/h10-13,16-17,21H,2-9,14-15,18-19H2,1H3;10-13,20-21,23H,2-9,14-19H2,1H3;;. The predicted molar refractivity (Wildman–Crippen MR) is 301 cm³/mol. The summed E-state index contributed by atoms with van der Waals surface area (Å²) in [6, 6.07) is 26.3. The van der Waals surface area contributed by atoms with Gasteiger partial charge in [-0.25, -0.2) is 0 Å². The first kappa shape index (κ1) is 54.8. The number of likely N-dealkylation sites (tertiary alicyclic amines) is 2. The van der Waals surface area contributed by atoms with Crippen LogP contribution in [0.5, 0.6) is 0 Å². The number of hydrogen-bond donors (Lipinski definition) is 0. The van der Waals surface area contributed by atoms with E-state index < -0.39 is 0 Å². The number of halogens is 2. The van der Waals surface area contributed by atoms with Gasteiger partial charge in [0.05, 0.1) is 17.1 Å². The maximum atomic E-state index is 13.9.